The van der Waals surface area contributed by atoms with Gasteiger partial charge in [-0.15, -0.1) is 10.2 Å². The van der Waals surface area contributed by atoms with Gasteiger partial charge in [0.15, 0.2) is 5.16 Å². The summed E-state index contributed by atoms with van der Waals surface area (Å²) in [4.78, 5) is 16.6. The fraction of sp³-hybridized carbons (Fsp3) is 0.250. The predicted octanol–water partition coefficient (Wildman–Crippen LogP) is 2.50. The number of aromatic nitrogens is 4. The maximum absolute atomic E-state index is 12.4. The lowest BCUT2D eigenvalue weighted by Crippen LogP contribution is -2.22. The van der Waals surface area contributed by atoms with Gasteiger partial charge in [-0.1, -0.05) is 23.1 Å². The van der Waals surface area contributed by atoms with E-state index in [2.05, 4.69) is 25.2 Å². The Balaban J connectivity index is 1.63. The fourth-order valence-corrected chi connectivity index (χ4v) is 4.80. The minimum Gasteiger partial charge on any atom is -0.329 e. The Hall–Kier alpha value is -2.44. The van der Waals surface area contributed by atoms with Crippen LogP contribution >= 0.6 is 23.1 Å². The molecule has 28 heavy (non-hydrogen) atoms. The van der Waals surface area contributed by atoms with Crippen LogP contribution in [0.5, 0.6) is 0 Å². The summed E-state index contributed by atoms with van der Waals surface area (Å²) in [5.74, 6) is -0.203. The maximum atomic E-state index is 12.4. The van der Waals surface area contributed by atoms with E-state index in [1.165, 1.54) is 36.0 Å². The van der Waals surface area contributed by atoms with Crippen molar-refractivity contribution in [2.45, 2.75) is 29.1 Å². The summed E-state index contributed by atoms with van der Waals surface area (Å²) in [5.41, 5.74) is 0.503. The molecular weight excluding hydrogens is 420 g/mol. The molecule has 2 aromatic heterocycles. The second kappa shape index (κ2) is 8.29. The van der Waals surface area contributed by atoms with Gasteiger partial charge in [0.1, 0.15) is 5.01 Å². The van der Waals surface area contributed by atoms with Gasteiger partial charge in [-0.25, -0.2) is 13.4 Å². The van der Waals surface area contributed by atoms with Crippen molar-refractivity contribution in [3.05, 3.63) is 41.7 Å². The molecule has 0 bridgehead atoms. The SMILES string of the molecule is Cc1nnc(NS(=O)(=O)c2ccc(NC(=O)C(C)Sc3nccn3C)cc2)s1. The van der Waals surface area contributed by atoms with Gasteiger partial charge < -0.3 is 9.88 Å². The lowest BCUT2D eigenvalue weighted by Gasteiger charge is -2.12. The maximum Gasteiger partial charge on any atom is 0.263 e. The monoisotopic (exact) mass is 438 g/mol. The third kappa shape index (κ3) is 4.88. The molecule has 0 aliphatic rings. The van der Waals surface area contributed by atoms with Gasteiger partial charge in [0.2, 0.25) is 11.0 Å². The molecule has 0 aliphatic carbocycles. The number of nitrogens with one attached hydrogen (secondary N) is 2. The van der Waals surface area contributed by atoms with Crippen LogP contribution < -0.4 is 10.0 Å². The van der Waals surface area contributed by atoms with Crippen LogP contribution in [0.1, 0.15) is 11.9 Å². The minimum atomic E-state index is -3.77. The molecule has 0 aliphatic heterocycles. The molecule has 1 unspecified atom stereocenters. The van der Waals surface area contributed by atoms with Crippen molar-refractivity contribution in [1.82, 2.24) is 19.7 Å². The van der Waals surface area contributed by atoms with Gasteiger partial charge in [0.25, 0.3) is 10.0 Å². The Kier molecular flexibility index (Phi) is 6.01. The molecule has 2 heterocycles. The minimum absolute atomic E-state index is 0.0637. The second-order valence-electron chi connectivity index (χ2n) is 5.83. The van der Waals surface area contributed by atoms with Crippen LogP contribution in [-0.4, -0.2) is 39.3 Å². The van der Waals surface area contributed by atoms with Gasteiger partial charge >= 0.3 is 0 Å². The zero-order valence-corrected chi connectivity index (χ0v) is 17.7. The molecule has 9 nitrogen and oxygen atoms in total. The Morgan fingerprint density at radius 1 is 1.25 bits per heavy atom. The van der Waals surface area contributed by atoms with Crippen LogP contribution in [0.3, 0.4) is 0 Å². The predicted molar refractivity (Wildman–Crippen MR) is 109 cm³/mol. The molecule has 1 amide bonds. The highest BCUT2D eigenvalue weighted by Gasteiger charge is 2.19. The number of sulfonamides is 1. The van der Waals surface area contributed by atoms with E-state index in [0.717, 1.165) is 16.5 Å². The smallest absolute Gasteiger partial charge is 0.263 e. The van der Waals surface area contributed by atoms with Crippen molar-refractivity contribution in [1.29, 1.82) is 0 Å². The topological polar surface area (TPSA) is 119 Å². The zero-order chi connectivity index (χ0) is 20.3. The Morgan fingerprint density at radius 3 is 2.54 bits per heavy atom. The lowest BCUT2D eigenvalue weighted by molar-refractivity contribution is -0.115. The molecule has 0 fully saturated rings. The highest BCUT2D eigenvalue weighted by atomic mass is 32.2. The average molecular weight is 439 g/mol. The van der Waals surface area contributed by atoms with E-state index in [0.29, 0.717) is 10.7 Å². The van der Waals surface area contributed by atoms with Crippen molar-refractivity contribution in [2.24, 2.45) is 7.05 Å². The van der Waals surface area contributed by atoms with Gasteiger partial charge in [-0.3, -0.25) is 9.52 Å². The van der Waals surface area contributed by atoms with E-state index in [-0.39, 0.29) is 21.2 Å². The van der Waals surface area contributed by atoms with Gasteiger partial charge in [-0.2, -0.15) is 0 Å². The number of thioether (sulfide) groups is 1. The lowest BCUT2D eigenvalue weighted by atomic mass is 10.3. The molecule has 0 spiro atoms. The molecule has 2 N–H and O–H groups in total. The summed E-state index contributed by atoms with van der Waals surface area (Å²) >= 11 is 2.48. The molecule has 0 radical (unpaired) electrons. The van der Waals surface area contributed by atoms with Gasteiger partial charge in [0.05, 0.1) is 10.1 Å². The first-order valence-corrected chi connectivity index (χ1v) is 11.3. The van der Waals surface area contributed by atoms with Gasteiger partial charge in [-0.05, 0) is 38.1 Å². The number of imidazole rings is 1. The summed E-state index contributed by atoms with van der Waals surface area (Å²) in [5, 5.41) is 11.5. The number of carbonyl (C=O) groups is 1. The molecule has 12 heteroatoms. The van der Waals surface area contributed by atoms with E-state index in [1.807, 2.05) is 17.8 Å². The summed E-state index contributed by atoms with van der Waals surface area (Å²) < 4.78 is 29.0. The Bertz CT molecular complexity index is 1080. The highest BCUT2D eigenvalue weighted by molar-refractivity contribution is 8.00. The first-order chi connectivity index (χ1) is 13.2. The number of benzene rings is 1. The Morgan fingerprint density at radius 2 is 1.96 bits per heavy atom. The third-order valence-corrected chi connectivity index (χ3v) is 7.02. The van der Waals surface area contributed by atoms with Crippen LogP contribution in [0.25, 0.3) is 0 Å². The van der Waals surface area contributed by atoms with Crippen LogP contribution in [-0.2, 0) is 21.9 Å². The molecular formula is C16H18N6O3S3. The zero-order valence-electron chi connectivity index (χ0n) is 15.3. The second-order valence-corrected chi connectivity index (χ2v) is 10.00. The average Bonchev–Trinajstić information content (AvgIpc) is 3.23. The molecule has 0 saturated heterocycles. The Labute approximate surface area is 170 Å². The van der Waals surface area contributed by atoms with Crippen molar-refractivity contribution in [2.75, 3.05) is 10.0 Å². The first kappa shape index (κ1) is 20.3. The summed E-state index contributed by atoms with van der Waals surface area (Å²) in [6.45, 7) is 3.52. The number of amides is 1. The molecule has 1 aromatic carbocycles. The van der Waals surface area contributed by atoms with E-state index in [4.69, 9.17) is 0 Å². The quantitative estimate of drug-likeness (QED) is 0.544. The van der Waals surface area contributed by atoms with Gasteiger partial charge in [0, 0.05) is 25.1 Å². The van der Waals surface area contributed by atoms with E-state index >= 15 is 0 Å². The van der Waals surface area contributed by atoms with Crippen LogP contribution in [0.2, 0.25) is 0 Å². The number of nitrogens with zero attached hydrogens (tertiary/aromatic N) is 4. The summed E-state index contributed by atoms with van der Waals surface area (Å²) in [6.07, 6.45) is 3.48. The molecule has 148 valence electrons. The third-order valence-electron chi connectivity index (χ3n) is 3.61. The number of anilines is 2. The number of rotatable bonds is 7. The molecule has 1 atom stereocenters. The van der Waals surface area contributed by atoms with E-state index in [9.17, 15) is 13.2 Å². The largest absolute Gasteiger partial charge is 0.329 e. The summed E-state index contributed by atoms with van der Waals surface area (Å²) in [7, 11) is -1.91. The summed E-state index contributed by atoms with van der Waals surface area (Å²) in [6, 6.07) is 5.91. The molecule has 3 rings (SSSR count). The fourth-order valence-electron chi connectivity index (χ4n) is 2.15. The highest BCUT2D eigenvalue weighted by Crippen LogP contribution is 2.23. The van der Waals surface area contributed by atoms with Crippen molar-refractivity contribution >= 4 is 49.8 Å². The van der Waals surface area contributed by atoms with Crippen LogP contribution in [0.15, 0.2) is 46.7 Å². The normalized spacial score (nSPS) is 12.5. The molecule has 0 saturated carbocycles. The van der Waals surface area contributed by atoms with E-state index < -0.39 is 10.0 Å². The number of hydrogen-bond acceptors (Lipinski definition) is 8. The first-order valence-electron chi connectivity index (χ1n) is 8.12. The molecule has 3 aromatic rings. The van der Waals surface area contributed by atoms with Crippen LogP contribution in [0, 0.1) is 6.92 Å². The van der Waals surface area contributed by atoms with Crippen molar-refractivity contribution < 1.29 is 13.2 Å². The van der Waals surface area contributed by atoms with E-state index in [1.54, 1.807) is 20.0 Å². The van der Waals surface area contributed by atoms with Crippen molar-refractivity contribution in [3.63, 3.8) is 0 Å². The van der Waals surface area contributed by atoms with Crippen molar-refractivity contribution in [3.8, 4) is 0 Å². The number of aryl methyl sites for hydroxylation is 2. The standard InChI is InChI=1S/C16H18N6O3S3/c1-10(26-16-17-8-9-22(16)3)14(23)18-12-4-6-13(7-5-12)28(24,25)21-15-20-19-11(2)27-15/h4-10H,1-3H3,(H,18,23)(H,20,21). The number of hydrogen-bond donors (Lipinski definition) is 2. The van der Waals surface area contributed by atoms with Crippen LogP contribution in [0.4, 0.5) is 10.8 Å². The number of carbonyl (C=O) groups excluding carboxylic acids is 1.